The van der Waals surface area contributed by atoms with Gasteiger partial charge in [-0.3, -0.25) is 4.79 Å². The zero-order valence-corrected chi connectivity index (χ0v) is 10.1. The lowest BCUT2D eigenvalue weighted by molar-refractivity contribution is -0.128. The number of aliphatic hydroxyl groups excluding tert-OH is 3. The van der Waals surface area contributed by atoms with Gasteiger partial charge >= 0.3 is 0 Å². The maximum atomic E-state index is 11.2. The first kappa shape index (κ1) is 17.6. The third-order valence-electron chi connectivity index (χ3n) is 2.20. The van der Waals surface area contributed by atoms with Crippen LogP contribution in [0.3, 0.4) is 0 Å². The molecule has 0 unspecified atom stereocenters. The van der Waals surface area contributed by atoms with E-state index in [4.69, 9.17) is 11.1 Å². The summed E-state index contributed by atoms with van der Waals surface area (Å²) in [6.07, 6.45) is -5.12. The molecule has 0 aromatic rings. The van der Waals surface area contributed by atoms with Gasteiger partial charge in [0.15, 0.2) is 0 Å². The molecular formula is C8H13N7O5. The van der Waals surface area contributed by atoms with Gasteiger partial charge in [0.2, 0.25) is 5.91 Å². The molecule has 12 nitrogen and oxygen atoms in total. The molecule has 20 heavy (non-hydrogen) atoms. The highest BCUT2D eigenvalue weighted by Gasteiger charge is 2.31. The Bertz CT molecular complexity index is 431. The van der Waals surface area contributed by atoms with Crippen LogP contribution in [-0.4, -0.2) is 65.0 Å². The number of aldehydes is 1. The summed E-state index contributed by atoms with van der Waals surface area (Å²) in [7, 11) is 0. The van der Waals surface area contributed by atoms with Crippen LogP contribution in [0.2, 0.25) is 0 Å². The second kappa shape index (κ2) is 9.55. The van der Waals surface area contributed by atoms with Crippen LogP contribution in [0, 0.1) is 0 Å². The van der Waals surface area contributed by atoms with E-state index in [0.717, 1.165) is 0 Å². The van der Waals surface area contributed by atoms with Crippen LogP contribution in [0.4, 0.5) is 0 Å². The van der Waals surface area contributed by atoms with Gasteiger partial charge in [-0.05, 0) is 11.1 Å². The Labute approximate surface area is 112 Å². The highest BCUT2D eigenvalue weighted by atomic mass is 16.4. The van der Waals surface area contributed by atoms with E-state index in [1.165, 1.54) is 0 Å². The van der Waals surface area contributed by atoms with E-state index in [1.54, 1.807) is 0 Å². The first-order valence-electron chi connectivity index (χ1n) is 5.28. The Hall–Kier alpha value is -2.36. The number of nitrogens with zero attached hydrogens (tertiary/aromatic N) is 6. The van der Waals surface area contributed by atoms with E-state index >= 15 is 0 Å². The van der Waals surface area contributed by atoms with Crippen molar-refractivity contribution in [2.75, 3.05) is 13.1 Å². The molecule has 0 spiro atoms. The molecule has 0 bridgehead atoms. The summed E-state index contributed by atoms with van der Waals surface area (Å²) in [5, 5.41) is 36.5. The SMILES string of the molecule is [N-]=[N+]=NCC(=O)N[C@@H](C=O)[C@@H](O)[C@@H](O)[C@H](O)CN=[N+]=[N-]. The maximum Gasteiger partial charge on any atom is 0.226 e. The van der Waals surface area contributed by atoms with Crippen molar-refractivity contribution >= 4 is 12.2 Å². The fourth-order valence-electron chi connectivity index (χ4n) is 1.20. The number of amides is 1. The smallest absolute Gasteiger partial charge is 0.226 e. The van der Waals surface area contributed by atoms with E-state index < -0.39 is 43.4 Å². The maximum absolute atomic E-state index is 11.2. The molecule has 0 heterocycles. The number of carbonyl (C=O) groups is 2. The van der Waals surface area contributed by atoms with Gasteiger partial charge in [0.05, 0.1) is 12.6 Å². The van der Waals surface area contributed by atoms with Gasteiger partial charge < -0.3 is 25.4 Å². The van der Waals surface area contributed by atoms with Crippen molar-refractivity contribution in [2.24, 2.45) is 10.2 Å². The molecule has 0 rings (SSSR count). The van der Waals surface area contributed by atoms with Crippen molar-refractivity contribution < 1.29 is 24.9 Å². The van der Waals surface area contributed by atoms with E-state index in [9.17, 15) is 24.9 Å². The van der Waals surface area contributed by atoms with Crippen LogP contribution in [0.1, 0.15) is 0 Å². The largest absolute Gasteiger partial charge is 0.390 e. The van der Waals surface area contributed by atoms with Gasteiger partial charge in [-0.15, -0.1) is 0 Å². The molecule has 0 aliphatic heterocycles. The molecule has 4 N–H and O–H groups in total. The highest BCUT2D eigenvalue weighted by molar-refractivity contribution is 5.81. The second-order valence-corrected chi connectivity index (χ2v) is 3.58. The van der Waals surface area contributed by atoms with E-state index in [-0.39, 0.29) is 6.29 Å². The average molecular weight is 287 g/mol. The molecule has 0 aromatic heterocycles. The monoisotopic (exact) mass is 287 g/mol. The Morgan fingerprint density at radius 1 is 1.20 bits per heavy atom. The minimum atomic E-state index is -1.83. The van der Waals surface area contributed by atoms with Crippen molar-refractivity contribution in [1.29, 1.82) is 0 Å². The average Bonchev–Trinajstić information content (AvgIpc) is 2.46. The van der Waals surface area contributed by atoms with E-state index in [2.05, 4.69) is 20.1 Å². The summed E-state index contributed by atoms with van der Waals surface area (Å²) in [4.78, 5) is 26.6. The van der Waals surface area contributed by atoms with Crippen LogP contribution in [0.5, 0.6) is 0 Å². The summed E-state index contributed by atoms with van der Waals surface area (Å²) < 4.78 is 0. The Morgan fingerprint density at radius 2 is 1.80 bits per heavy atom. The molecule has 0 aliphatic rings. The lowest BCUT2D eigenvalue weighted by Crippen LogP contribution is -2.53. The molecule has 12 heteroatoms. The van der Waals surface area contributed by atoms with Crippen LogP contribution in [0.25, 0.3) is 20.9 Å². The molecule has 0 saturated heterocycles. The second-order valence-electron chi connectivity index (χ2n) is 3.58. The van der Waals surface area contributed by atoms with Crippen molar-refractivity contribution in [1.82, 2.24) is 5.32 Å². The highest BCUT2D eigenvalue weighted by Crippen LogP contribution is 2.05. The molecule has 0 aromatic carbocycles. The normalized spacial score (nSPS) is 15.8. The molecule has 1 amide bonds. The van der Waals surface area contributed by atoms with Gasteiger partial charge in [-0.1, -0.05) is 10.2 Å². The predicted molar refractivity (Wildman–Crippen MR) is 64.0 cm³/mol. The topological polar surface area (TPSA) is 204 Å². The molecule has 110 valence electrons. The fraction of sp³-hybridized carbons (Fsp3) is 0.750. The van der Waals surface area contributed by atoms with Gasteiger partial charge in [-0.2, -0.15) is 0 Å². The molecule has 0 radical (unpaired) electrons. The number of hydrogen-bond acceptors (Lipinski definition) is 7. The molecule has 0 fully saturated rings. The van der Waals surface area contributed by atoms with Crippen LogP contribution in [0.15, 0.2) is 10.2 Å². The molecular weight excluding hydrogens is 274 g/mol. The molecule has 4 atom stereocenters. The quantitative estimate of drug-likeness (QED) is 0.170. The Morgan fingerprint density at radius 3 is 2.30 bits per heavy atom. The molecule has 0 saturated carbocycles. The first-order valence-corrected chi connectivity index (χ1v) is 5.28. The summed E-state index contributed by atoms with van der Waals surface area (Å²) in [5.41, 5.74) is 16.0. The van der Waals surface area contributed by atoms with Crippen molar-refractivity contribution in [3.05, 3.63) is 20.9 Å². The zero-order valence-electron chi connectivity index (χ0n) is 10.1. The number of aliphatic hydroxyl groups is 3. The van der Waals surface area contributed by atoms with E-state index in [0.29, 0.717) is 0 Å². The lowest BCUT2D eigenvalue weighted by atomic mass is 10.0. The zero-order chi connectivity index (χ0) is 15.5. The van der Waals surface area contributed by atoms with Crippen LogP contribution >= 0.6 is 0 Å². The van der Waals surface area contributed by atoms with Gasteiger partial charge in [0.1, 0.15) is 31.1 Å². The summed E-state index contributed by atoms with van der Waals surface area (Å²) in [6, 6.07) is -1.52. The van der Waals surface area contributed by atoms with Crippen LogP contribution < -0.4 is 5.32 Å². The number of azide groups is 2. The van der Waals surface area contributed by atoms with Crippen LogP contribution in [-0.2, 0) is 9.59 Å². The van der Waals surface area contributed by atoms with Gasteiger partial charge in [0.25, 0.3) is 0 Å². The minimum Gasteiger partial charge on any atom is -0.390 e. The van der Waals surface area contributed by atoms with Crippen molar-refractivity contribution in [3.63, 3.8) is 0 Å². The Balaban J connectivity index is 4.62. The number of rotatable bonds is 9. The van der Waals surface area contributed by atoms with Crippen molar-refractivity contribution in [2.45, 2.75) is 24.4 Å². The summed E-state index contributed by atoms with van der Waals surface area (Å²) in [5.74, 6) is -0.851. The number of hydrogen-bond donors (Lipinski definition) is 4. The fourth-order valence-corrected chi connectivity index (χ4v) is 1.20. The van der Waals surface area contributed by atoms with Gasteiger partial charge in [0, 0.05) is 9.82 Å². The third kappa shape index (κ3) is 6.00. The molecule has 0 aliphatic carbocycles. The minimum absolute atomic E-state index is 0.141. The summed E-state index contributed by atoms with van der Waals surface area (Å²) in [6.45, 7) is -1.11. The van der Waals surface area contributed by atoms with Gasteiger partial charge in [-0.25, -0.2) is 0 Å². The summed E-state index contributed by atoms with van der Waals surface area (Å²) >= 11 is 0. The number of carbonyl (C=O) groups excluding carboxylic acids is 2. The standard InChI is InChI=1S/C8H13N7O5/c9-14-11-1-5(17)8(20)7(19)4(3-16)13-6(18)2-12-15-10/h3-5,7-8,17,19-20H,1-2H2,(H,13,18)/t4-,5+,7+,8-/m0/s1. The number of nitrogens with one attached hydrogen (secondary N) is 1. The lowest BCUT2D eigenvalue weighted by Gasteiger charge is -2.26. The van der Waals surface area contributed by atoms with Crippen molar-refractivity contribution in [3.8, 4) is 0 Å². The first-order chi connectivity index (χ1) is 9.47. The Kier molecular flexibility index (Phi) is 8.43. The predicted octanol–water partition coefficient (Wildman–Crippen LogP) is -1.63. The third-order valence-corrected chi connectivity index (χ3v) is 2.20. The van der Waals surface area contributed by atoms with E-state index in [1.807, 2.05) is 5.32 Å².